The minimum absolute atomic E-state index is 0.0665. The number of nitrogens with zero attached hydrogens (tertiary/aromatic N) is 1. The summed E-state index contributed by atoms with van der Waals surface area (Å²) in [5.74, 6) is -0.180. The highest BCUT2D eigenvalue weighted by atomic mass is 35.5. The summed E-state index contributed by atoms with van der Waals surface area (Å²) in [5.41, 5.74) is 2.01. The van der Waals surface area contributed by atoms with Crippen molar-refractivity contribution >= 4 is 23.7 Å². The van der Waals surface area contributed by atoms with E-state index in [1.165, 1.54) is 0 Å². The first-order chi connectivity index (χ1) is 9.22. The Bertz CT molecular complexity index is 646. The molecule has 0 N–H and O–H groups in total. The molecular formula is C15H12ClNO2. The van der Waals surface area contributed by atoms with Gasteiger partial charge in [0.15, 0.2) is 12.1 Å². The number of hydrogen-bond donors (Lipinski definition) is 0. The first-order valence-corrected chi connectivity index (χ1v) is 6.53. The number of ketones is 1. The van der Waals surface area contributed by atoms with Crippen molar-refractivity contribution in [1.82, 2.24) is 4.57 Å². The zero-order chi connectivity index (χ0) is 13.4. The van der Waals surface area contributed by atoms with E-state index in [1.54, 1.807) is 6.07 Å². The van der Waals surface area contributed by atoms with E-state index in [9.17, 15) is 9.59 Å². The van der Waals surface area contributed by atoms with Gasteiger partial charge in [0.1, 0.15) is 0 Å². The summed E-state index contributed by atoms with van der Waals surface area (Å²) in [6, 6.07) is 10.8. The maximum Gasteiger partial charge on any atom is 0.171 e. The van der Waals surface area contributed by atoms with Gasteiger partial charge < -0.3 is 4.57 Å². The summed E-state index contributed by atoms with van der Waals surface area (Å²) in [6.07, 6.45) is 1.48. The van der Waals surface area contributed by atoms with E-state index in [4.69, 9.17) is 11.6 Å². The van der Waals surface area contributed by atoms with Crippen molar-refractivity contribution in [3.63, 3.8) is 0 Å². The molecular weight excluding hydrogens is 262 g/mol. The Hall–Kier alpha value is -1.87. The molecule has 0 radical (unpaired) electrons. The topological polar surface area (TPSA) is 39.1 Å². The maximum atomic E-state index is 12.5. The number of Topliss-reactive ketones (excluding diaryl/α,β-unsaturated/α-hetero) is 1. The molecule has 1 aliphatic heterocycles. The van der Waals surface area contributed by atoms with Crippen molar-refractivity contribution in [1.29, 1.82) is 0 Å². The number of carbonyl (C=O) groups excluding carboxylic acids is 2. The molecule has 1 aromatic carbocycles. The number of benzene rings is 1. The number of halogens is 1. The summed E-state index contributed by atoms with van der Waals surface area (Å²) in [4.78, 5) is 23.5. The smallest absolute Gasteiger partial charge is 0.171 e. The fourth-order valence-electron chi connectivity index (χ4n) is 2.71. The third kappa shape index (κ3) is 1.90. The van der Waals surface area contributed by atoms with Crippen LogP contribution in [0.5, 0.6) is 0 Å². The van der Waals surface area contributed by atoms with Gasteiger partial charge in [-0.25, -0.2) is 0 Å². The Morgan fingerprint density at radius 2 is 2.05 bits per heavy atom. The van der Waals surface area contributed by atoms with Crippen LogP contribution in [0.4, 0.5) is 0 Å². The Morgan fingerprint density at radius 3 is 2.74 bits per heavy atom. The fourth-order valence-corrected chi connectivity index (χ4v) is 3.05. The lowest BCUT2D eigenvalue weighted by Gasteiger charge is -2.09. The van der Waals surface area contributed by atoms with Crippen LogP contribution in [0.3, 0.4) is 0 Å². The molecule has 0 saturated carbocycles. The second-order valence-electron chi connectivity index (χ2n) is 4.64. The standard InChI is InChI=1S/C15H12ClNO2/c16-13-8-11(9-18)17-7-6-12(14(13)17)15(19)10-4-2-1-3-5-10/h1-5,8-9,12H,6-7H2. The van der Waals surface area contributed by atoms with Gasteiger partial charge in [0.2, 0.25) is 0 Å². The zero-order valence-corrected chi connectivity index (χ0v) is 10.9. The lowest BCUT2D eigenvalue weighted by atomic mass is 9.94. The Labute approximate surface area is 115 Å². The number of hydrogen-bond acceptors (Lipinski definition) is 2. The molecule has 1 unspecified atom stereocenters. The minimum Gasteiger partial charge on any atom is -0.340 e. The van der Waals surface area contributed by atoms with Crippen molar-refractivity contribution in [2.24, 2.45) is 0 Å². The maximum absolute atomic E-state index is 12.5. The summed E-state index contributed by atoms with van der Waals surface area (Å²) in [7, 11) is 0. The molecule has 3 rings (SSSR count). The second-order valence-corrected chi connectivity index (χ2v) is 5.05. The SMILES string of the molecule is O=Cc1cc(Cl)c2n1CCC2C(=O)c1ccccc1. The average molecular weight is 274 g/mol. The highest BCUT2D eigenvalue weighted by molar-refractivity contribution is 6.32. The van der Waals surface area contributed by atoms with E-state index < -0.39 is 0 Å². The summed E-state index contributed by atoms with van der Waals surface area (Å²) in [6.45, 7) is 0.666. The quantitative estimate of drug-likeness (QED) is 0.636. The molecule has 1 aromatic heterocycles. The van der Waals surface area contributed by atoms with Gasteiger partial charge in [-0.2, -0.15) is 0 Å². The van der Waals surface area contributed by atoms with Crippen LogP contribution in [-0.2, 0) is 6.54 Å². The molecule has 3 nitrogen and oxygen atoms in total. The van der Waals surface area contributed by atoms with Crippen LogP contribution in [0.15, 0.2) is 36.4 Å². The number of carbonyl (C=O) groups is 2. The summed E-state index contributed by atoms with van der Waals surface area (Å²) in [5, 5.41) is 0.508. The van der Waals surface area contributed by atoms with Crippen LogP contribution in [0.25, 0.3) is 0 Å². The minimum atomic E-state index is -0.247. The van der Waals surface area contributed by atoms with Crippen LogP contribution in [-0.4, -0.2) is 16.6 Å². The van der Waals surface area contributed by atoms with E-state index in [1.807, 2.05) is 34.9 Å². The Morgan fingerprint density at radius 1 is 1.32 bits per heavy atom. The van der Waals surface area contributed by atoms with Crippen molar-refractivity contribution in [2.45, 2.75) is 18.9 Å². The van der Waals surface area contributed by atoms with Crippen molar-refractivity contribution in [3.8, 4) is 0 Å². The third-order valence-electron chi connectivity index (χ3n) is 3.59. The third-order valence-corrected chi connectivity index (χ3v) is 3.89. The van der Waals surface area contributed by atoms with Gasteiger partial charge in [0.25, 0.3) is 0 Å². The Kier molecular flexibility index (Phi) is 2.99. The number of aldehydes is 1. The monoisotopic (exact) mass is 273 g/mol. The van der Waals surface area contributed by atoms with Gasteiger partial charge in [-0.1, -0.05) is 41.9 Å². The second kappa shape index (κ2) is 4.67. The van der Waals surface area contributed by atoms with Crippen LogP contribution in [0.2, 0.25) is 5.02 Å². The molecule has 0 amide bonds. The van der Waals surface area contributed by atoms with Crippen LogP contribution >= 0.6 is 11.6 Å². The molecule has 2 aromatic rings. The molecule has 4 heteroatoms. The van der Waals surface area contributed by atoms with E-state index in [0.29, 0.717) is 29.2 Å². The normalized spacial score (nSPS) is 17.2. The summed E-state index contributed by atoms with van der Waals surface area (Å²) < 4.78 is 1.85. The molecule has 2 heterocycles. The molecule has 0 saturated heterocycles. The van der Waals surface area contributed by atoms with Crippen molar-refractivity contribution in [2.75, 3.05) is 0 Å². The highest BCUT2D eigenvalue weighted by Gasteiger charge is 2.33. The van der Waals surface area contributed by atoms with Crippen LogP contribution in [0, 0.1) is 0 Å². The van der Waals surface area contributed by atoms with Gasteiger partial charge in [0.05, 0.1) is 16.6 Å². The van der Waals surface area contributed by atoms with Crippen LogP contribution in [0.1, 0.15) is 38.9 Å². The van der Waals surface area contributed by atoms with Crippen molar-refractivity contribution in [3.05, 3.63) is 58.4 Å². The largest absolute Gasteiger partial charge is 0.340 e. The van der Waals surface area contributed by atoms with E-state index in [0.717, 1.165) is 12.0 Å². The highest BCUT2D eigenvalue weighted by Crippen LogP contribution is 2.38. The van der Waals surface area contributed by atoms with E-state index in [-0.39, 0.29) is 11.7 Å². The molecule has 96 valence electrons. The number of fused-ring (bicyclic) bond motifs is 1. The van der Waals surface area contributed by atoms with Gasteiger partial charge >= 0.3 is 0 Å². The Balaban J connectivity index is 2.01. The fraction of sp³-hybridized carbons (Fsp3) is 0.200. The van der Waals surface area contributed by atoms with Gasteiger partial charge in [-0.15, -0.1) is 0 Å². The van der Waals surface area contributed by atoms with Gasteiger partial charge in [-0.05, 0) is 12.5 Å². The predicted molar refractivity (Wildman–Crippen MR) is 73.0 cm³/mol. The predicted octanol–water partition coefficient (Wildman–Crippen LogP) is 3.32. The van der Waals surface area contributed by atoms with E-state index >= 15 is 0 Å². The zero-order valence-electron chi connectivity index (χ0n) is 10.2. The molecule has 0 aliphatic carbocycles. The van der Waals surface area contributed by atoms with Crippen LogP contribution < -0.4 is 0 Å². The van der Waals surface area contributed by atoms with E-state index in [2.05, 4.69) is 0 Å². The van der Waals surface area contributed by atoms with Gasteiger partial charge in [-0.3, -0.25) is 9.59 Å². The molecule has 0 fully saturated rings. The molecule has 19 heavy (non-hydrogen) atoms. The average Bonchev–Trinajstić information content (AvgIpc) is 3.01. The number of aromatic nitrogens is 1. The molecule has 1 atom stereocenters. The summed E-state index contributed by atoms with van der Waals surface area (Å²) >= 11 is 6.16. The lowest BCUT2D eigenvalue weighted by molar-refractivity contribution is 0.0959. The number of rotatable bonds is 3. The van der Waals surface area contributed by atoms with Crippen molar-refractivity contribution < 1.29 is 9.59 Å². The molecule has 0 spiro atoms. The van der Waals surface area contributed by atoms with Gasteiger partial charge in [0, 0.05) is 17.8 Å². The lowest BCUT2D eigenvalue weighted by Crippen LogP contribution is -2.10. The first-order valence-electron chi connectivity index (χ1n) is 6.15. The molecule has 1 aliphatic rings. The molecule has 0 bridgehead atoms. The first kappa shape index (κ1) is 12.2.